The van der Waals surface area contributed by atoms with E-state index in [-0.39, 0.29) is 24.0 Å². The van der Waals surface area contributed by atoms with Crippen molar-refractivity contribution >= 4 is 28.8 Å². The van der Waals surface area contributed by atoms with Crippen molar-refractivity contribution in [3.8, 4) is 0 Å². The largest absolute Gasteiger partial charge is 0.368 e. The molecule has 6 heteroatoms. The molecule has 2 heterocycles. The first kappa shape index (κ1) is 17.6. The normalized spacial score (nSPS) is 17.9. The third-order valence-corrected chi connectivity index (χ3v) is 5.20. The molecule has 2 unspecified atom stereocenters. The lowest BCUT2D eigenvalue weighted by atomic mass is 10.1. The predicted octanol–water partition coefficient (Wildman–Crippen LogP) is 3.75. The number of ether oxygens (including phenoxy) is 1. The number of amides is 2. The molecule has 2 amide bonds. The van der Waals surface area contributed by atoms with Gasteiger partial charge in [0.05, 0.1) is 6.04 Å². The SMILES string of the molecule is CCC(NC(=O)c1cccc(NC(=O)C2CCCO2)c1)c1cccs1. The van der Waals surface area contributed by atoms with E-state index in [9.17, 15) is 9.59 Å². The number of hydrogen-bond donors (Lipinski definition) is 2. The Balaban J connectivity index is 1.65. The fraction of sp³-hybridized carbons (Fsp3) is 0.368. The minimum atomic E-state index is -0.388. The first-order valence-corrected chi connectivity index (χ1v) is 9.42. The molecule has 132 valence electrons. The molecule has 2 aromatic rings. The van der Waals surface area contributed by atoms with E-state index in [2.05, 4.69) is 10.6 Å². The van der Waals surface area contributed by atoms with Gasteiger partial charge in [-0.2, -0.15) is 0 Å². The summed E-state index contributed by atoms with van der Waals surface area (Å²) < 4.78 is 5.38. The molecule has 0 spiro atoms. The van der Waals surface area contributed by atoms with Crippen LogP contribution >= 0.6 is 11.3 Å². The number of thiophene rings is 1. The lowest BCUT2D eigenvalue weighted by Crippen LogP contribution is -2.28. The maximum atomic E-state index is 12.6. The zero-order valence-corrected chi connectivity index (χ0v) is 15.0. The summed E-state index contributed by atoms with van der Waals surface area (Å²) in [5.41, 5.74) is 1.14. The molecular weight excluding hydrogens is 336 g/mol. The highest BCUT2D eigenvalue weighted by Crippen LogP contribution is 2.22. The fourth-order valence-corrected chi connectivity index (χ4v) is 3.71. The molecule has 5 nitrogen and oxygen atoms in total. The molecule has 0 bridgehead atoms. The van der Waals surface area contributed by atoms with E-state index in [0.717, 1.165) is 24.1 Å². The summed E-state index contributed by atoms with van der Waals surface area (Å²) >= 11 is 1.63. The maximum Gasteiger partial charge on any atom is 0.253 e. The van der Waals surface area contributed by atoms with Gasteiger partial charge in [0, 0.05) is 22.7 Å². The molecule has 1 aromatic heterocycles. The van der Waals surface area contributed by atoms with Crippen molar-refractivity contribution in [2.24, 2.45) is 0 Å². The highest BCUT2D eigenvalue weighted by molar-refractivity contribution is 7.10. The van der Waals surface area contributed by atoms with Crippen molar-refractivity contribution in [1.82, 2.24) is 5.32 Å². The Kier molecular flexibility index (Phi) is 5.83. The predicted molar refractivity (Wildman–Crippen MR) is 98.9 cm³/mol. The van der Waals surface area contributed by atoms with Gasteiger partial charge in [0.2, 0.25) is 0 Å². The van der Waals surface area contributed by atoms with Gasteiger partial charge >= 0.3 is 0 Å². The first-order chi connectivity index (χ1) is 12.2. The minimum absolute atomic E-state index is 0.00219. The Labute approximate surface area is 151 Å². The van der Waals surface area contributed by atoms with Gasteiger partial charge in [-0.15, -0.1) is 11.3 Å². The Bertz CT molecular complexity index is 724. The Hall–Kier alpha value is -2.18. The Morgan fingerprint density at radius 3 is 2.88 bits per heavy atom. The van der Waals surface area contributed by atoms with Crippen LogP contribution in [0.5, 0.6) is 0 Å². The second-order valence-electron chi connectivity index (χ2n) is 6.02. The van der Waals surface area contributed by atoms with Crippen LogP contribution in [-0.4, -0.2) is 24.5 Å². The van der Waals surface area contributed by atoms with Crippen molar-refractivity contribution in [3.05, 3.63) is 52.2 Å². The summed E-state index contributed by atoms with van der Waals surface area (Å²) in [6.45, 7) is 2.67. The molecule has 3 rings (SSSR count). The van der Waals surface area contributed by atoms with Gasteiger partial charge in [-0.05, 0) is 48.9 Å². The van der Waals surface area contributed by atoms with Crippen molar-refractivity contribution in [1.29, 1.82) is 0 Å². The van der Waals surface area contributed by atoms with Gasteiger partial charge in [0.25, 0.3) is 11.8 Å². The van der Waals surface area contributed by atoms with Gasteiger partial charge < -0.3 is 15.4 Å². The van der Waals surface area contributed by atoms with Crippen LogP contribution in [0.3, 0.4) is 0 Å². The number of hydrogen-bond acceptors (Lipinski definition) is 4. The second-order valence-corrected chi connectivity index (χ2v) is 7.00. The third-order valence-electron chi connectivity index (χ3n) is 4.21. The van der Waals surface area contributed by atoms with Crippen molar-refractivity contribution in [2.45, 2.75) is 38.3 Å². The van der Waals surface area contributed by atoms with Crippen LogP contribution in [-0.2, 0) is 9.53 Å². The summed E-state index contributed by atoms with van der Waals surface area (Å²) in [6, 6.07) is 11.0. The smallest absolute Gasteiger partial charge is 0.253 e. The maximum absolute atomic E-state index is 12.6. The number of carbonyl (C=O) groups excluding carboxylic acids is 2. The first-order valence-electron chi connectivity index (χ1n) is 8.54. The van der Waals surface area contributed by atoms with E-state index in [1.165, 1.54) is 0 Å². The van der Waals surface area contributed by atoms with Crippen LogP contribution in [0.15, 0.2) is 41.8 Å². The summed E-state index contributed by atoms with van der Waals surface area (Å²) in [6.07, 6.45) is 2.08. The number of benzene rings is 1. The lowest BCUT2D eigenvalue weighted by Gasteiger charge is -2.16. The molecule has 25 heavy (non-hydrogen) atoms. The number of carbonyl (C=O) groups is 2. The quantitative estimate of drug-likeness (QED) is 0.826. The molecule has 2 atom stereocenters. The van der Waals surface area contributed by atoms with Gasteiger partial charge in [0.1, 0.15) is 6.10 Å². The molecule has 1 saturated heterocycles. The topological polar surface area (TPSA) is 67.4 Å². The Morgan fingerprint density at radius 1 is 1.32 bits per heavy atom. The lowest BCUT2D eigenvalue weighted by molar-refractivity contribution is -0.124. The molecule has 2 N–H and O–H groups in total. The van der Waals surface area contributed by atoms with E-state index < -0.39 is 0 Å². The van der Waals surface area contributed by atoms with Crippen molar-refractivity contribution < 1.29 is 14.3 Å². The van der Waals surface area contributed by atoms with Crippen molar-refractivity contribution in [3.63, 3.8) is 0 Å². The van der Waals surface area contributed by atoms with Gasteiger partial charge in [0.15, 0.2) is 0 Å². The van der Waals surface area contributed by atoms with Crippen LogP contribution in [0, 0.1) is 0 Å². The number of nitrogens with one attached hydrogen (secondary N) is 2. The zero-order chi connectivity index (χ0) is 17.6. The summed E-state index contributed by atoms with van der Waals surface area (Å²) in [4.78, 5) is 25.8. The third kappa shape index (κ3) is 4.46. The van der Waals surface area contributed by atoms with Crippen molar-refractivity contribution in [2.75, 3.05) is 11.9 Å². The van der Waals surface area contributed by atoms with E-state index in [0.29, 0.717) is 17.9 Å². The molecular formula is C19H22N2O3S. The number of anilines is 1. The fourth-order valence-electron chi connectivity index (χ4n) is 2.85. The van der Waals surface area contributed by atoms with Crippen LogP contribution in [0.4, 0.5) is 5.69 Å². The number of rotatable bonds is 6. The highest BCUT2D eigenvalue weighted by atomic mass is 32.1. The van der Waals surface area contributed by atoms with Gasteiger partial charge in [-0.25, -0.2) is 0 Å². The van der Waals surface area contributed by atoms with Gasteiger partial charge in [-0.3, -0.25) is 9.59 Å². The molecule has 0 radical (unpaired) electrons. The summed E-state index contributed by atoms with van der Waals surface area (Å²) in [5.74, 6) is -0.298. The summed E-state index contributed by atoms with van der Waals surface area (Å²) in [7, 11) is 0. The second kappa shape index (κ2) is 8.27. The molecule has 1 aliphatic rings. The Morgan fingerprint density at radius 2 is 2.20 bits per heavy atom. The van der Waals surface area contributed by atoms with Crippen LogP contribution < -0.4 is 10.6 Å². The molecule has 1 aliphatic heterocycles. The standard InChI is InChI=1S/C19H22N2O3S/c1-2-15(17-9-5-11-25-17)21-18(22)13-6-3-7-14(12-13)20-19(23)16-8-4-10-24-16/h3,5-7,9,11-12,15-16H,2,4,8,10H2,1H3,(H,20,23)(H,21,22). The molecule has 0 aliphatic carbocycles. The average Bonchev–Trinajstić information content (AvgIpc) is 3.33. The van der Waals surface area contributed by atoms with E-state index in [1.54, 1.807) is 35.6 Å². The van der Waals surface area contributed by atoms with Crippen LogP contribution in [0.25, 0.3) is 0 Å². The monoisotopic (exact) mass is 358 g/mol. The average molecular weight is 358 g/mol. The molecule has 1 fully saturated rings. The van der Waals surface area contributed by atoms with E-state index in [4.69, 9.17) is 4.74 Å². The van der Waals surface area contributed by atoms with Crippen LogP contribution in [0.1, 0.15) is 47.5 Å². The molecule has 0 saturated carbocycles. The highest BCUT2D eigenvalue weighted by Gasteiger charge is 2.23. The zero-order valence-electron chi connectivity index (χ0n) is 14.2. The van der Waals surface area contributed by atoms with E-state index in [1.807, 2.05) is 24.4 Å². The summed E-state index contributed by atoms with van der Waals surface area (Å²) in [5, 5.41) is 7.89. The van der Waals surface area contributed by atoms with E-state index >= 15 is 0 Å². The van der Waals surface area contributed by atoms with Crippen LogP contribution in [0.2, 0.25) is 0 Å². The van der Waals surface area contributed by atoms with Gasteiger partial charge in [-0.1, -0.05) is 19.1 Å². The minimum Gasteiger partial charge on any atom is -0.368 e. The molecule has 1 aromatic carbocycles.